The van der Waals surface area contributed by atoms with E-state index < -0.39 is 21.7 Å². The summed E-state index contributed by atoms with van der Waals surface area (Å²) < 4.78 is 38.5. The molecule has 0 aliphatic carbocycles. The van der Waals surface area contributed by atoms with Gasteiger partial charge in [0.25, 0.3) is 0 Å². The minimum Gasteiger partial charge on any atom is -0.444 e. The van der Waals surface area contributed by atoms with Crippen LogP contribution < -0.4 is 0 Å². The van der Waals surface area contributed by atoms with Crippen molar-refractivity contribution in [2.45, 2.75) is 50.3 Å². The summed E-state index contributed by atoms with van der Waals surface area (Å²) in [6.07, 6.45) is -0.762. The highest BCUT2D eigenvalue weighted by molar-refractivity contribution is 7.89. The van der Waals surface area contributed by atoms with Gasteiger partial charge >= 0.3 is 6.09 Å². The number of benzene rings is 1. The summed E-state index contributed by atoms with van der Waals surface area (Å²) in [6, 6.07) is 6.44. The predicted molar refractivity (Wildman–Crippen MR) is 96.4 cm³/mol. The maximum absolute atomic E-state index is 12.9. The third-order valence-electron chi connectivity index (χ3n) is 4.55. The molecule has 144 valence electrons. The molecule has 7 nitrogen and oxygen atoms in total. The van der Waals surface area contributed by atoms with E-state index in [0.29, 0.717) is 13.2 Å². The SMILES string of the molecule is Cc1ccc(S(=O)(=O)N2CC3OCCN(C(=O)OC(C)(C)C)C3C2)cc1. The zero-order chi connectivity index (χ0) is 19.1. The Labute approximate surface area is 154 Å². The fourth-order valence-electron chi connectivity index (χ4n) is 3.26. The molecule has 26 heavy (non-hydrogen) atoms. The Morgan fingerprint density at radius 1 is 1.19 bits per heavy atom. The van der Waals surface area contributed by atoms with Crippen molar-refractivity contribution in [3.05, 3.63) is 29.8 Å². The van der Waals surface area contributed by atoms with Crippen LogP contribution in [0, 0.1) is 6.92 Å². The van der Waals surface area contributed by atoms with Crippen molar-refractivity contribution in [1.29, 1.82) is 0 Å². The molecule has 0 spiro atoms. The van der Waals surface area contributed by atoms with Crippen molar-refractivity contribution in [2.75, 3.05) is 26.2 Å². The molecule has 2 aliphatic rings. The Morgan fingerprint density at radius 3 is 2.46 bits per heavy atom. The van der Waals surface area contributed by atoms with Crippen molar-refractivity contribution in [3.63, 3.8) is 0 Å². The van der Waals surface area contributed by atoms with Crippen molar-refractivity contribution in [3.8, 4) is 0 Å². The Morgan fingerprint density at radius 2 is 1.85 bits per heavy atom. The summed E-state index contributed by atoms with van der Waals surface area (Å²) in [5, 5.41) is 0. The zero-order valence-electron chi connectivity index (χ0n) is 15.6. The first kappa shape index (κ1) is 19.1. The van der Waals surface area contributed by atoms with Gasteiger partial charge in [-0.05, 0) is 39.8 Å². The number of hydrogen-bond donors (Lipinski definition) is 0. The third kappa shape index (κ3) is 3.87. The van der Waals surface area contributed by atoms with E-state index >= 15 is 0 Å². The quantitative estimate of drug-likeness (QED) is 0.782. The molecular formula is C18H26N2O5S. The van der Waals surface area contributed by atoms with Gasteiger partial charge < -0.3 is 9.47 Å². The van der Waals surface area contributed by atoms with Crippen LogP contribution >= 0.6 is 0 Å². The second-order valence-corrected chi connectivity index (χ2v) is 9.72. The second kappa shape index (κ2) is 6.83. The lowest BCUT2D eigenvalue weighted by atomic mass is 10.1. The smallest absolute Gasteiger partial charge is 0.410 e. The average Bonchev–Trinajstić information content (AvgIpc) is 2.98. The molecule has 0 saturated carbocycles. The van der Waals surface area contributed by atoms with Gasteiger partial charge in [-0.1, -0.05) is 17.7 Å². The summed E-state index contributed by atoms with van der Waals surface area (Å²) in [5.74, 6) is 0. The Hall–Kier alpha value is -1.64. The minimum atomic E-state index is -3.62. The highest BCUT2D eigenvalue weighted by atomic mass is 32.2. The van der Waals surface area contributed by atoms with Gasteiger partial charge in [0.15, 0.2) is 0 Å². The third-order valence-corrected chi connectivity index (χ3v) is 6.40. The van der Waals surface area contributed by atoms with Crippen LogP contribution in [0.2, 0.25) is 0 Å². The largest absolute Gasteiger partial charge is 0.444 e. The predicted octanol–water partition coefficient (Wildman–Crippen LogP) is 2.00. The molecule has 2 saturated heterocycles. The first-order chi connectivity index (χ1) is 12.1. The van der Waals surface area contributed by atoms with Crippen molar-refractivity contribution in [1.82, 2.24) is 9.21 Å². The molecule has 0 N–H and O–H groups in total. The number of morpholine rings is 1. The van der Waals surface area contributed by atoms with E-state index in [1.54, 1.807) is 29.2 Å². The van der Waals surface area contributed by atoms with Crippen LogP contribution in [0.3, 0.4) is 0 Å². The van der Waals surface area contributed by atoms with Crippen LogP contribution in [0.25, 0.3) is 0 Å². The highest BCUT2D eigenvalue weighted by Gasteiger charge is 2.47. The molecule has 1 aromatic rings. The number of amides is 1. The maximum Gasteiger partial charge on any atom is 0.410 e. The van der Waals surface area contributed by atoms with Crippen LogP contribution in [0.1, 0.15) is 26.3 Å². The number of carbonyl (C=O) groups excluding carboxylic acids is 1. The number of fused-ring (bicyclic) bond motifs is 1. The van der Waals surface area contributed by atoms with Gasteiger partial charge in [-0.15, -0.1) is 0 Å². The summed E-state index contributed by atoms with van der Waals surface area (Å²) in [7, 11) is -3.62. The standard InChI is InChI=1S/C18H26N2O5S/c1-13-5-7-14(8-6-13)26(22,23)19-11-15-16(12-19)24-10-9-20(15)17(21)25-18(2,3)4/h5-8,15-16H,9-12H2,1-4H3. The van der Waals surface area contributed by atoms with E-state index in [0.717, 1.165) is 5.56 Å². The van der Waals surface area contributed by atoms with Gasteiger partial charge in [0.2, 0.25) is 10.0 Å². The maximum atomic E-state index is 12.9. The van der Waals surface area contributed by atoms with Gasteiger partial charge in [-0.3, -0.25) is 4.90 Å². The number of ether oxygens (including phenoxy) is 2. The second-order valence-electron chi connectivity index (χ2n) is 7.79. The first-order valence-corrected chi connectivity index (χ1v) is 10.2. The molecule has 3 rings (SSSR count). The number of sulfonamides is 1. The van der Waals surface area contributed by atoms with Crippen molar-refractivity contribution >= 4 is 16.1 Å². The molecule has 0 bridgehead atoms. The summed E-state index contributed by atoms with van der Waals surface area (Å²) in [4.78, 5) is 14.4. The minimum absolute atomic E-state index is 0.208. The van der Waals surface area contributed by atoms with Crippen molar-refractivity contribution in [2.24, 2.45) is 0 Å². The van der Waals surface area contributed by atoms with Crippen LogP contribution in [0.4, 0.5) is 4.79 Å². The Bertz CT molecular complexity index is 770. The fourth-order valence-corrected chi connectivity index (χ4v) is 4.73. The van der Waals surface area contributed by atoms with Crippen molar-refractivity contribution < 1.29 is 22.7 Å². The van der Waals surface area contributed by atoms with Gasteiger partial charge in [0.1, 0.15) is 5.60 Å². The molecule has 2 unspecified atom stereocenters. The van der Waals surface area contributed by atoms with E-state index in [1.165, 1.54) is 4.31 Å². The number of nitrogens with zero attached hydrogens (tertiary/aromatic N) is 2. The van der Waals surface area contributed by atoms with Crippen LogP contribution in [0.5, 0.6) is 0 Å². The number of carbonyl (C=O) groups is 1. The van der Waals surface area contributed by atoms with Gasteiger partial charge in [-0.2, -0.15) is 4.31 Å². The number of rotatable bonds is 2. The summed E-state index contributed by atoms with van der Waals surface area (Å²) in [5.41, 5.74) is 0.399. The van der Waals surface area contributed by atoms with E-state index in [-0.39, 0.29) is 30.1 Å². The number of aryl methyl sites for hydroxylation is 1. The highest BCUT2D eigenvalue weighted by Crippen LogP contribution is 2.29. The molecule has 1 aromatic carbocycles. The molecule has 2 atom stereocenters. The van der Waals surface area contributed by atoms with Gasteiger partial charge in [-0.25, -0.2) is 13.2 Å². The molecule has 2 fully saturated rings. The lowest BCUT2D eigenvalue weighted by Gasteiger charge is -2.37. The monoisotopic (exact) mass is 382 g/mol. The van der Waals surface area contributed by atoms with Gasteiger partial charge in [0, 0.05) is 19.6 Å². The molecule has 0 aromatic heterocycles. The molecule has 2 heterocycles. The number of hydrogen-bond acceptors (Lipinski definition) is 5. The summed E-state index contributed by atoms with van der Waals surface area (Å²) >= 11 is 0. The molecule has 1 amide bonds. The Kier molecular flexibility index (Phi) is 5.02. The Balaban J connectivity index is 1.78. The normalized spacial score (nSPS) is 24.4. The van der Waals surface area contributed by atoms with Crippen LogP contribution in [-0.2, 0) is 19.5 Å². The fraction of sp³-hybridized carbons (Fsp3) is 0.611. The first-order valence-electron chi connectivity index (χ1n) is 8.76. The van der Waals surface area contributed by atoms with E-state index in [9.17, 15) is 13.2 Å². The molecular weight excluding hydrogens is 356 g/mol. The van der Waals surface area contributed by atoms with E-state index in [4.69, 9.17) is 9.47 Å². The van der Waals surface area contributed by atoms with E-state index in [2.05, 4.69) is 0 Å². The summed E-state index contributed by atoms with van der Waals surface area (Å²) in [6.45, 7) is 8.56. The lowest BCUT2D eigenvalue weighted by Crippen LogP contribution is -2.54. The van der Waals surface area contributed by atoms with E-state index in [1.807, 2.05) is 27.7 Å². The average molecular weight is 382 g/mol. The molecule has 8 heteroatoms. The molecule has 0 radical (unpaired) electrons. The van der Waals surface area contributed by atoms with Crippen LogP contribution in [-0.4, -0.2) is 67.7 Å². The zero-order valence-corrected chi connectivity index (χ0v) is 16.5. The molecule has 2 aliphatic heterocycles. The van der Waals surface area contributed by atoms with Crippen LogP contribution in [0.15, 0.2) is 29.2 Å². The lowest BCUT2D eigenvalue weighted by molar-refractivity contribution is -0.0568. The van der Waals surface area contributed by atoms with Gasteiger partial charge in [0.05, 0.1) is 23.6 Å². The topological polar surface area (TPSA) is 76.2 Å².